The van der Waals surface area contributed by atoms with E-state index in [4.69, 9.17) is 4.74 Å². The van der Waals surface area contributed by atoms with Crippen LogP contribution in [0, 0.1) is 13.8 Å². The smallest absolute Gasteiger partial charge is 0.132 e. The first-order valence-corrected chi connectivity index (χ1v) is 5.18. The largest absolute Gasteiger partial charge is 0.385 e. The molecule has 1 heterocycles. The van der Waals surface area contributed by atoms with Gasteiger partial charge in [-0.2, -0.15) is 0 Å². The molecule has 0 saturated carbocycles. The Balaban J connectivity index is 2.60. The summed E-state index contributed by atoms with van der Waals surface area (Å²) in [5, 5.41) is 3.35. The predicted octanol–water partition coefficient (Wildman–Crippen LogP) is 1.93. The summed E-state index contributed by atoms with van der Waals surface area (Å²) >= 11 is 0. The minimum absolute atomic E-state index is 0.359. The first-order chi connectivity index (χ1) is 7.15. The molecule has 1 aromatic rings. The third-order valence-electron chi connectivity index (χ3n) is 2.47. The number of nitrogens with one attached hydrogen (secondary N) is 1. The lowest BCUT2D eigenvalue weighted by Crippen LogP contribution is -2.19. The molecule has 1 unspecified atom stereocenters. The zero-order valence-electron chi connectivity index (χ0n) is 9.87. The van der Waals surface area contributed by atoms with E-state index in [1.165, 1.54) is 0 Å². The van der Waals surface area contributed by atoms with Crippen molar-refractivity contribution in [3.05, 3.63) is 17.6 Å². The molecule has 0 aliphatic carbocycles. The molecule has 0 amide bonds. The molecule has 0 aromatic carbocycles. The van der Waals surface area contributed by atoms with Gasteiger partial charge >= 0.3 is 0 Å². The highest BCUT2D eigenvalue weighted by Crippen LogP contribution is 2.14. The molecule has 0 radical (unpaired) electrons. The van der Waals surface area contributed by atoms with Crippen molar-refractivity contribution >= 4 is 5.82 Å². The van der Waals surface area contributed by atoms with Crippen molar-refractivity contribution < 1.29 is 4.74 Å². The summed E-state index contributed by atoms with van der Waals surface area (Å²) in [4.78, 5) is 8.36. The highest BCUT2D eigenvalue weighted by atomic mass is 16.5. The van der Waals surface area contributed by atoms with Crippen molar-refractivity contribution in [1.82, 2.24) is 9.97 Å². The topological polar surface area (TPSA) is 47.0 Å². The van der Waals surface area contributed by atoms with Gasteiger partial charge in [-0.3, -0.25) is 0 Å². The third-order valence-corrected chi connectivity index (χ3v) is 2.47. The quantitative estimate of drug-likeness (QED) is 0.805. The molecule has 0 bridgehead atoms. The first kappa shape index (κ1) is 11.9. The summed E-state index contributed by atoms with van der Waals surface area (Å²) in [5.74, 6) is 0.922. The fourth-order valence-electron chi connectivity index (χ4n) is 1.28. The number of methoxy groups -OCH3 is 1. The molecule has 1 aromatic heterocycles. The van der Waals surface area contributed by atoms with Gasteiger partial charge in [-0.05, 0) is 27.2 Å². The van der Waals surface area contributed by atoms with Crippen LogP contribution in [0.4, 0.5) is 5.82 Å². The normalized spacial score (nSPS) is 12.5. The Kier molecular flexibility index (Phi) is 4.49. The highest BCUT2D eigenvalue weighted by molar-refractivity contribution is 5.45. The zero-order valence-corrected chi connectivity index (χ0v) is 9.87. The van der Waals surface area contributed by atoms with E-state index in [0.29, 0.717) is 6.04 Å². The van der Waals surface area contributed by atoms with E-state index in [2.05, 4.69) is 22.2 Å². The Morgan fingerprint density at radius 1 is 1.40 bits per heavy atom. The number of hydrogen-bond acceptors (Lipinski definition) is 4. The minimum Gasteiger partial charge on any atom is -0.385 e. The minimum atomic E-state index is 0.359. The number of anilines is 1. The lowest BCUT2D eigenvalue weighted by atomic mass is 10.2. The van der Waals surface area contributed by atoms with Gasteiger partial charge in [0.25, 0.3) is 0 Å². The second-order valence-electron chi connectivity index (χ2n) is 3.76. The van der Waals surface area contributed by atoms with Crippen molar-refractivity contribution in [3.63, 3.8) is 0 Å². The van der Waals surface area contributed by atoms with Crippen molar-refractivity contribution in [2.75, 3.05) is 19.0 Å². The van der Waals surface area contributed by atoms with E-state index < -0.39 is 0 Å². The van der Waals surface area contributed by atoms with Gasteiger partial charge in [0.05, 0.1) is 0 Å². The van der Waals surface area contributed by atoms with Crippen LogP contribution in [-0.4, -0.2) is 29.7 Å². The molecular weight excluding hydrogens is 190 g/mol. The SMILES string of the molecule is COCCC(C)Nc1ncnc(C)c1C. The third kappa shape index (κ3) is 3.47. The van der Waals surface area contributed by atoms with Gasteiger partial charge in [-0.15, -0.1) is 0 Å². The van der Waals surface area contributed by atoms with Crippen LogP contribution < -0.4 is 5.32 Å². The maximum absolute atomic E-state index is 5.03. The van der Waals surface area contributed by atoms with Crippen molar-refractivity contribution in [1.29, 1.82) is 0 Å². The van der Waals surface area contributed by atoms with E-state index in [1.54, 1.807) is 13.4 Å². The van der Waals surface area contributed by atoms with Gasteiger partial charge < -0.3 is 10.1 Å². The monoisotopic (exact) mass is 209 g/mol. The summed E-state index contributed by atoms with van der Waals surface area (Å²) < 4.78 is 5.03. The summed E-state index contributed by atoms with van der Waals surface area (Å²) in [6, 6.07) is 0.359. The van der Waals surface area contributed by atoms with Crippen LogP contribution in [-0.2, 0) is 4.74 Å². The molecule has 0 spiro atoms. The average Bonchev–Trinajstić information content (AvgIpc) is 2.22. The van der Waals surface area contributed by atoms with Crippen molar-refractivity contribution in [2.45, 2.75) is 33.2 Å². The van der Waals surface area contributed by atoms with Crippen molar-refractivity contribution in [2.24, 2.45) is 0 Å². The maximum atomic E-state index is 5.03. The van der Waals surface area contributed by atoms with Gasteiger partial charge in [0.1, 0.15) is 12.1 Å². The molecule has 1 rings (SSSR count). The van der Waals surface area contributed by atoms with Gasteiger partial charge in [-0.25, -0.2) is 9.97 Å². The number of hydrogen-bond donors (Lipinski definition) is 1. The summed E-state index contributed by atoms with van der Waals surface area (Å²) in [5.41, 5.74) is 2.13. The summed E-state index contributed by atoms with van der Waals surface area (Å²) in [6.07, 6.45) is 2.56. The van der Waals surface area contributed by atoms with Gasteiger partial charge in [-0.1, -0.05) is 0 Å². The molecular formula is C11H19N3O. The average molecular weight is 209 g/mol. The lowest BCUT2D eigenvalue weighted by Gasteiger charge is -2.15. The molecule has 15 heavy (non-hydrogen) atoms. The number of ether oxygens (including phenoxy) is 1. The van der Waals surface area contributed by atoms with Crippen molar-refractivity contribution in [3.8, 4) is 0 Å². The van der Waals surface area contributed by atoms with Crippen LogP contribution in [0.3, 0.4) is 0 Å². The van der Waals surface area contributed by atoms with Crippen LogP contribution >= 0.6 is 0 Å². The van der Waals surface area contributed by atoms with E-state index >= 15 is 0 Å². The van der Waals surface area contributed by atoms with Gasteiger partial charge in [0.2, 0.25) is 0 Å². The molecule has 84 valence electrons. The van der Waals surface area contributed by atoms with E-state index in [9.17, 15) is 0 Å². The molecule has 1 N–H and O–H groups in total. The van der Waals surface area contributed by atoms with Crippen LogP contribution in [0.15, 0.2) is 6.33 Å². The number of aryl methyl sites for hydroxylation is 1. The zero-order chi connectivity index (χ0) is 11.3. The first-order valence-electron chi connectivity index (χ1n) is 5.18. The summed E-state index contributed by atoms with van der Waals surface area (Å²) in [6.45, 7) is 6.90. The maximum Gasteiger partial charge on any atom is 0.132 e. The van der Waals surface area contributed by atoms with Crippen LogP contribution in [0.25, 0.3) is 0 Å². The molecule has 0 aliphatic heterocycles. The molecule has 0 aliphatic rings. The summed E-state index contributed by atoms with van der Waals surface area (Å²) in [7, 11) is 1.72. The van der Waals surface area contributed by atoms with Gasteiger partial charge in [0.15, 0.2) is 0 Å². The van der Waals surface area contributed by atoms with Crippen LogP contribution in [0.2, 0.25) is 0 Å². The highest BCUT2D eigenvalue weighted by Gasteiger charge is 2.06. The van der Waals surface area contributed by atoms with Gasteiger partial charge in [0, 0.05) is 31.0 Å². The Morgan fingerprint density at radius 2 is 2.13 bits per heavy atom. The fourth-order valence-corrected chi connectivity index (χ4v) is 1.28. The lowest BCUT2D eigenvalue weighted by molar-refractivity contribution is 0.191. The second kappa shape index (κ2) is 5.66. The second-order valence-corrected chi connectivity index (χ2v) is 3.76. The fraction of sp³-hybridized carbons (Fsp3) is 0.636. The molecule has 0 saturated heterocycles. The van der Waals surface area contributed by atoms with E-state index in [1.807, 2.05) is 13.8 Å². The Morgan fingerprint density at radius 3 is 2.80 bits per heavy atom. The van der Waals surface area contributed by atoms with Crippen LogP contribution in [0.5, 0.6) is 0 Å². The predicted molar refractivity (Wildman–Crippen MR) is 61.1 cm³/mol. The number of rotatable bonds is 5. The Bertz CT molecular complexity index is 315. The van der Waals surface area contributed by atoms with E-state index in [0.717, 1.165) is 30.1 Å². The van der Waals surface area contributed by atoms with Crippen LogP contribution in [0.1, 0.15) is 24.6 Å². The van der Waals surface area contributed by atoms with E-state index in [-0.39, 0.29) is 0 Å². The molecule has 4 heteroatoms. The number of nitrogens with zero attached hydrogens (tertiary/aromatic N) is 2. The Hall–Kier alpha value is -1.16. The molecule has 4 nitrogen and oxygen atoms in total. The molecule has 0 fully saturated rings. The Labute approximate surface area is 91.1 Å². The standard InChI is InChI=1S/C11H19N3O/c1-8(5-6-15-4)14-11-9(2)10(3)12-7-13-11/h7-8H,5-6H2,1-4H3,(H,12,13,14). The molecule has 1 atom stereocenters. The number of aromatic nitrogens is 2.